The molecule has 2 aromatic rings. The molecule has 7 nitrogen and oxygen atoms in total. The van der Waals surface area contributed by atoms with Gasteiger partial charge in [-0.05, 0) is 32.4 Å². The fraction of sp³-hybridized carbons (Fsp3) is 0.333. The van der Waals surface area contributed by atoms with Crippen LogP contribution in [0.2, 0.25) is 0 Å². The second kappa shape index (κ2) is 7.29. The number of amides is 1. The standard InChI is InChI=1S/C18H21N3O4/c1-4-12-9-14(22)21-16(20-12)11-6-5-7-13(8-11)19-15(23)10-18(2,3)17(24)25/h5-9H,4,10H2,1-3H3,(H,19,23)(H,24,25)(H,20,21,22). The number of nitrogens with one attached hydrogen (secondary N) is 2. The minimum Gasteiger partial charge on any atom is -0.481 e. The molecule has 132 valence electrons. The van der Waals surface area contributed by atoms with Gasteiger partial charge in [0.05, 0.1) is 5.41 Å². The fourth-order valence-corrected chi connectivity index (χ4v) is 2.25. The van der Waals surface area contributed by atoms with Crippen molar-refractivity contribution in [2.24, 2.45) is 5.41 Å². The van der Waals surface area contributed by atoms with E-state index in [0.29, 0.717) is 29.2 Å². The third-order valence-electron chi connectivity index (χ3n) is 3.76. The Labute approximate surface area is 145 Å². The molecule has 0 saturated heterocycles. The third-order valence-corrected chi connectivity index (χ3v) is 3.76. The number of carbonyl (C=O) groups excluding carboxylic acids is 1. The van der Waals surface area contributed by atoms with Crippen LogP contribution < -0.4 is 10.9 Å². The van der Waals surface area contributed by atoms with Crippen LogP contribution in [0.5, 0.6) is 0 Å². The van der Waals surface area contributed by atoms with Crippen LogP contribution in [0, 0.1) is 5.41 Å². The summed E-state index contributed by atoms with van der Waals surface area (Å²) in [6.07, 6.45) is 0.491. The highest BCUT2D eigenvalue weighted by molar-refractivity contribution is 5.94. The summed E-state index contributed by atoms with van der Waals surface area (Å²) in [6, 6.07) is 8.32. The van der Waals surface area contributed by atoms with Crippen LogP contribution in [0.15, 0.2) is 35.1 Å². The lowest BCUT2D eigenvalue weighted by atomic mass is 9.89. The SMILES string of the molecule is CCc1cc(=O)[nH]c(-c2cccc(NC(=O)CC(C)(C)C(=O)O)c2)n1. The highest BCUT2D eigenvalue weighted by Gasteiger charge is 2.30. The molecule has 0 aliphatic rings. The zero-order chi connectivity index (χ0) is 18.6. The first-order valence-electron chi connectivity index (χ1n) is 7.95. The van der Waals surface area contributed by atoms with E-state index in [4.69, 9.17) is 5.11 Å². The number of benzene rings is 1. The molecule has 0 saturated carbocycles. The monoisotopic (exact) mass is 343 g/mol. The van der Waals surface area contributed by atoms with Gasteiger partial charge in [-0.1, -0.05) is 19.1 Å². The Kier molecular flexibility index (Phi) is 5.36. The van der Waals surface area contributed by atoms with Crippen molar-refractivity contribution in [3.8, 4) is 11.4 Å². The number of aliphatic carboxylic acids is 1. The van der Waals surface area contributed by atoms with Gasteiger partial charge in [0.2, 0.25) is 5.91 Å². The van der Waals surface area contributed by atoms with Gasteiger partial charge in [-0.25, -0.2) is 4.98 Å². The summed E-state index contributed by atoms with van der Waals surface area (Å²) in [7, 11) is 0. The van der Waals surface area contributed by atoms with E-state index >= 15 is 0 Å². The summed E-state index contributed by atoms with van der Waals surface area (Å²) in [5.74, 6) is -1.01. The van der Waals surface area contributed by atoms with E-state index in [1.165, 1.54) is 19.9 Å². The summed E-state index contributed by atoms with van der Waals surface area (Å²) in [5, 5.41) is 11.8. The first-order valence-corrected chi connectivity index (χ1v) is 7.95. The van der Waals surface area contributed by atoms with Gasteiger partial charge in [-0.2, -0.15) is 0 Å². The average molecular weight is 343 g/mol. The molecule has 0 unspecified atom stereocenters. The highest BCUT2D eigenvalue weighted by Crippen LogP contribution is 2.23. The fourth-order valence-electron chi connectivity index (χ4n) is 2.25. The van der Waals surface area contributed by atoms with Crippen molar-refractivity contribution < 1.29 is 14.7 Å². The average Bonchev–Trinajstić information content (AvgIpc) is 2.53. The summed E-state index contributed by atoms with van der Waals surface area (Å²) in [6.45, 7) is 4.90. The van der Waals surface area contributed by atoms with Gasteiger partial charge >= 0.3 is 5.97 Å². The van der Waals surface area contributed by atoms with E-state index in [1.54, 1.807) is 24.3 Å². The van der Waals surface area contributed by atoms with E-state index in [1.807, 2.05) is 6.92 Å². The van der Waals surface area contributed by atoms with Crippen molar-refractivity contribution in [3.63, 3.8) is 0 Å². The van der Waals surface area contributed by atoms with E-state index in [-0.39, 0.29) is 12.0 Å². The number of aromatic amines is 1. The Hall–Kier alpha value is -2.96. The van der Waals surface area contributed by atoms with E-state index in [9.17, 15) is 14.4 Å². The van der Waals surface area contributed by atoms with Crippen molar-refractivity contribution in [1.82, 2.24) is 9.97 Å². The predicted octanol–water partition coefficient (Wildman–Crippen LogP) is 2.44. The molecule has 7 heteroatoms. The molecular formula is C18H21N3O4. The number of aryl methyl sites for hydroxylation is 1. The largest absolute Gasteiger partial charge is 0.481 e. The number of anilines is 1. The topological polar surface area (TPSA) is 112 Å². The van der Waals surface area contributed by atoms with Gasteiger partial charge in [0, 0.05) is 29.4 Å². The van der Waals surface area contributed by atoms with E-state index in [0.717, 1.165) is 0 Å². The second-order valence-corrected chi connectivity index (χ2v) is 6.43. The molecule has 1 aromatic carbocycles. The molecule has 0 aliphatic heterocycles. The van der Waals surface area contributed by atoms with E-state index in [2.05, 4.69) is 15.3 Å². The molecule has 0 spiro atoms. The number of carboxylic acid groups (broad SMARTS) is 1. The number of hydrogen-bond donors (Lipinski definition) is 3. The van der Waals surface area contributed by atoms with Crippen LogP contribution in [-0.4, -0.2) is 27.0 Å². The predicted molar refractivity (Wildman–Crippen MR) is 94.3 cm³/mol. The van der Waals surface area contributed by atoms with Gasteiger partial charge < -0.3 is 15.4 Å². The minimum absolute atomic E-state index is 0.146. The molecule has 0 fully saturated rings. The Balaban J connectivity index is 2.22. The summed E-state index contributed by atoms with van der Waals surface area (Å²) in [5.41, 5.74) is 0.455. The quantitative estimate of drug-likeness (QED) is 0.746. The number of nitrogens with zero attached hydrogens (tertiary/aromatic N) is 1. The number of hydrogen-bond acceptors (Lipinski definition) is 4. The zero-order valence-electron chi connectivity index (χ0n) is 14.4. The molecule has 1 amide bonds. The lowest BCUT2D eigenvalue weighted by Gasteiger charge is -2.18. The smallest absolute Gasteiger partial charge is 0.309 e. The van der Waals surface area contributed by atoms with Crippen molar-refractivity contribution in [1.29, 1.82) is 0 Å². The summed E-state index contributed by atoms with van der Waals surface area (Å²) in [4.78, 5) is 42.0. The summed E-state index contributed by atoms with van der Waals surface area (Å²) < 4.78 is 0. The maximum atomic E-state index is 12.1. The van der Waals surface area contributed by atoms with Crippen LogP contribution in [0.3, 0.4) is 0 Å². The second-order valence-electron chi connectivity index (χ2n) is 6.43. The lowest BCUT2D eigenvalue weighted by Crippen LogP contribution is -2.29. The van der Waals surface area contributed by atoms with Crippen LogP contribution in [0.4, 0.5) is 5.69 Å². The molecule has 1 aromatic heterocycles. The Morgan fingerprint density at radius 3 is 2.64 bits per heavy atom. The molecular weight excluding hydrogens is 322 g/mol. The number of aromatic nitrogens is 2. The molecule has 0 bridgehead atoms. The number of rotatable bonds is 6. The summed E-state index contributed by atoms with van der Waals surface area (Å²) >= 11 is 0. The van der Waals surface area contributed by atoms with Crippen molar-refractivity contribution >= 4 is 17.6 Å². The van der Waals surface area contributed by atoms with Gasteiger partial charge in [-0.3, -0.25) is 14.4 Å². The first-order chi connectivity index (χ1) is 11.7. The van der Waals surface area contributed by atoms with Gasteiger partial charge in [0.25, 0.3) is 5.56 Å². The number of carbonyl (C=O) groups is 2. The van der Waals surface area contributed by atoms with Crippen molar-refractivity contribution in [2.45, 2.75) is 33.6 Å². The van der Waals surface area contributed by atoms with Crippen LogP contribution >= 0.6 is 0 Å². The molecule has 25 heavy (non-hydrogen) atoms. The minimum atomic E-state index is -1.15. The Morgan fingerprint density at radius 1 is 1.28 bits per heavy atom. The molecule has 0 atom stereocenters. The Morgan fingerprint density at radius 2 is 2.00 bits per heavy atom. The molecule has 1 heterocycles. The normalized spacial score (nSPS) is 11.2. The number of carboxylic acids is 1. The van der Waals surface area contributed by atoms with Gasteiger partial charge in [0.1, 0.15) is 5.82 Å². The lowest BCUT2D eigenvalue weighted by molar-refractivity contribution is -0.148. The maximum absolute atomic E-state index is 12.1. The zero-order valence-corrected chi connectivity index (χ0v) is 14.4. The van der Waals surface area contributed by atoms with E-state index < -0.39 is 17.3 Å². The third kappa shape index (κ3) is 4.76. The van der Waals surface area contributed by atoms with Crippen LogP contribution in [0.1, 0.15) is 32.9 Å². The molecule has 3 N–H and O–H groups in total. The molecule has 0 radical (unpaired) electrons. The molecule has 0 aliphatic carbocycles. The highest BCUT2D eigenvalue weighted by atomic mass is 16.4. The van der Waals surface area contributed by atoms with Crippen LogP contribution in [-0.2, 0) is 16.0 Å². The number of H-pyrrole nitrogens is 1. The first kappa shape index (κ1) is 18.4. The molecule has 2 rings (SSSR count). The van der Waals surface area contributed by atoms with Gasteiger partial charge in [-0.15, -0.1) is 0 Å². The van der Waals surface area contributed by atoms with Crippen molar-refractivity contribution in [3.05, 3.63) is 46.4 Å². The van der Waals surface area contributed by atoms with Crippen LogP contribution in [0.25, 0.3) is 11.4 Å². The Bertz CT molecular complexity index is 855. The van der Waals surface area contributed by atoms with Gasteiger partial charge in [0.15, 0.2) is 0 Å². The van der Waals surface area contributed by atoms with Crippen molar-refractivity contribution in [2.75, 3.05) is 5.32 Å². The maximum Gasteiger partial charge on any atom is 0.309 e.